The number of carbonyl (C=O) groups excluding carboxylic acids is 2. The molecule has 34 heavy (non-hydrogen) atoms. The summed E-state index contributed by atoms with van der Waals surface area (Å²) in [7, 11) is -8.43. The van der Waals surface area contributed by atoms with Gasteiger partial charge in [0.05, 0.1) is 37.7 Å². The maximum Gasteiger partial charge on any atom is 0.341 e. The first kappa shape index (κ1) is 30.2. The highest BCUT2D eigenvalue weighted by Gasteiger charge is 2.22. The van der Waals surface area contributed by atoms with E-state index in [4.69, 9.17) is 38.5 Å². The molecule has 0 radical (unpaired) electrons. The second-order valence-electron chi connectivity index (χ2n) is 7.51. The second kappa shape index (κ2) is 12.7. The molecule has 0 aliphatic rings. The van der Waals surface area contributed by atoms with Crippen LogP contribution in [-0.4, -0.2) is 70.3 Å². The fourth-order valence-electron chi connectivity index (χ4n) is 2.63. The van der Waals surface area contributed by atoms with Gasteiger partial charge < -0.3 is 38.5 Å². The quantitative estimate of drug-likeness (QED) is 0.0963. The van der Waals surface area contributed by atoms with E-state index in [9.17, 15) is 18.7 Å². The first-order chi connectivity index (χ1) is 15.5. The third-order valence-corrected chi connectivity index (χ3v) is 6.27. The van der Waals surface area contributed by atoms with Crippen LogP contribution in [0.25, 0.3) is 0 Å². The van der Waals surface area contributed by atoms with E-state index in [0.29, 0.717) is 22.3 Å². The van der Waals surface area contributed by atoms with Gasteiger partial charge in [-0.25, -0.2) is 9.59 Å². The highest BCUT2D eigenvalue weighted by atomic mass is 31.2. The summed E-state index contributed by atoms with van der Waals surface area (Å²) in [4.78, 5) is 59.7. The number of benzene rings is 1. The van der Waals surface area contributed by atoms with Crippen molar-refractivity contribution in [2.45, 2.75) is 27.7 Å². The van der Waals surface area contributed by atoms with Gasteiger partial charge in [0.1, 0.15) is 18.1 Å². The van der Waals surface area contributed by atoms with Gasteiger partial charge in [-0.1, -0.05) is 6.58 Å². The lowest BCUT2D eigenvalue weighted by molar-refractivity contribution is -0.139. The van der Waals surface area contributed by atoms with E-state index in [2.05, 4.69) is 6.58 Å². The van der Waals surface area contributed by atoms with Crippen LogP contribution in [0.15, 0.2) is 12.2 Å². The second-order valence-corrected chi connectivity index (χ2v) is 11.1. The summed E-state index contributed by atoms with van der Waals surface area (Å²) in [5.74, 6) is -1.06. The van der Waals surface area contributed by atoms with Crippen LogP contribution in [0.3, 0.4) is 0 Å². The predicted octanol–water partition coefficient (Wildman–Crippen LogP) is 1.68. The van der Waals surface area contributed by atoms with E-state index in [1.807, 2.05) is 0 Å². The molecule has 0 fully saturated rings. The Morgan fingerprint density at radius 2 is 1.12 bits per heavy atom. The van der Waals surface area contributed by atoms with E-state index in [-0.39, 0.29) is 36.9 Å². The zero-order chi connectivity index (χ0) is 26.3. The highest BCUT2D eigenvalue weighted by molar-refractivity contribution is 7.52. The Hall–Kier alpha value is -1.88. The molecule has 14 heteroatoms. The lowest BCUT2D eigenvalue weighted by Crippen LogP contribution is -2.20. The first-order valence-electron chi connectivity index (χ1n) is 9.99. The van der Waals surface area contributed by atoms with E-state index < -0.39 is 46.1 Å². The molecule has 0 saturated carbocycles. The molecule has 4 N–H and O–H groups in total. The molecule has 0 aliphatic carbocycles. The molecule has 0 unspecified atom stereocenters. The van der Waals surface area contributed by atoms with Crippen molar-refractivity contribution in [3.05, 3.63) is 34.4 Å². The summed E-state index contributed by atoms with van der Waals surface area (Å²) >= 11 is 0. The highest BCUT2D eigenvalue weighted by Crippen LogP contribution is 2.38. The molecule has 1 aromatic carbocycles. The number of hydrogen-bond acceptors (Lipinski definition) is 8. The number of rotatable bonds is 13. The minimum atomic E-state index is -4.22. The van der Waals surface area contributed by atoms with Crippen LogP contribution in [0.1, 0.15) is 22.3 Å². The monoisotopic (exact) mass is 524 g/mol. The molecule has 12 nitrogen and oxygen atoms in total. The maximum atomic E-state index is 12.4. The average molecular weight is 524 g/mol. The third kappa shape index (κ3) is 10.2. The molecule has 0 bridgehead atoms. The van der Waals surface area contributed by atoms with Crippen LogP contribution in [-0.2, 0) is 28.2 Å². The van der Waals surface area contributed by atoms with E-state index in [1.54, 1.807) is 27.7 Å². The average Bonchev–Trinajstić information content (AvgIpc) is 2.71. The van der Waals surface area contributed by atoms with Crippen LogP contribution in [0, 0.1) is 27.7 Å². The SMILES string of the molecule is C=C(COCCP(=O)(O)O)C(=O)Oc1c(C)c(C)c(OC(=O)COCCP(=O)(O)O)c(C)c1C. The van der Waals surface area contributed by atoms with E-state index in [0.717, 1.165) is 0 Å². The summed E-state index contributed by atoms with van der Waals surface area (Å²) in [6, 6.07) is 0. The summed E-state index contributed by atoms with van der Waals surface area (Å²) < 4.78 is 42.5. The minimum absolute atomic E-state index is 0.0530. The smallest absolute Gasteiger partial charge is 0.341 e. The normalized spacial score (nSPS) is 11.9. The third-order valence-electron chi connectivity index (χ3n) is 4.74. The van der Waals surface area contributed by atoms with Crippen LogP contribution < -0.4 is 9.47 Å². The van der Waals surface area contributed by atoms with Crippen molar-refractivity contribution in [2.75, 3.05) is 38.8 Å². The fraction of sp³-hybridized carbons (Fsp3) is 0.500. The van der Waals surface area contributed by atoms with E-state index >= 15 is 0 Å². The van der Waals surface area contributed by atoms with Gasteiger partial charge in [0.2, 0.25) is 0 Å². The van der Waals surface area contributed by atoms with Gasteiger partial charge in [-0.15, -0.1) is 0 Å². The fourth-order valence-corrected chi connectivity index (χ4v) is 3.37. The Bertz CT molecular complexity index is 992. The topological polar surface area (TPSA) is 186 Å². The van der Waals surface area contributed by atoms with Crippen molar-refractivity contribution < 1.29 is 57.2 Å². The van der Waals surface area contributed by atoms with E-state index in [1.165, 1.54) is 0 Å². The standard InChI is InChI=1S/C20H30O12P2/c1-12(10-29-6-8-33(23,24)25)20(22)32-19-15(4)13(2)18(14(3)16(19)5)31-17(21)11-30-7-9-34(26,27)28/h1,6-11H2,2-5H3,(H2,23,24,25)(H2,26,27,28). The summed E-state index contributed by atoms with van der Waals surface area (Å²) in [5, 5.41) is 0. The zero-order valence-corrected chi connectivity index (χ0v) is 21.2. The largest absolute Gasteiger partial charge is 0.424 e. The minimum Gasteiger partial charge on any atom is -0.424 e. The maximum absolute atomic E-state index is 12.4. The molecule has 0 aliphatic heterocycles. The van der Waals surface area contributed by atoms with Crippen molar-refractivity contribution in [1.82, 2.24) is 0 Å². The van der Waals surface area contributed by atoms with Crippen LogP contribution >= 0.6 is 15.2 Å². The molecule has 1 aromatic rings. The van der Waals surface area contributed by atoms with Crippen molar-refractivity contribution in [3.8, 4) is 11.5 Å². The molecule has 1 rings (SSSR count). The number of hydrogen-bond donors (Lipinski definition) is 4. The Morgan fingerprint density at radius 1 is 0.735 bits per heavy atom. The van der Waals surface area contributed by atoms with Crippen LogP contribution in [0.4, 0.5) is 0 Å². The lowest BCUT2D eigenvalue weighted by atomic mass is 9.98. The molecule has 0 atom stereocenters. The molecule has 0 amide bonds. The van der Waals surface area contributed by atoms with Gasteiger partial charge in [0.25, 0.3) is 0 Å². The van der Waals surface area contributed by atoms with Gasteiger partial charge in [0, 0.05) is 0 Å². The van der Waals surface area contributed by atoms with Gasteiger partial charge in [-0.3, -0.25) is 9.13 Å². The van der Waals surface area contributed by atoms with Gasteiger partial charge in [-0.2, -0.15) is 0 Å². The van der Waals surface area contributed by atoms with Crippen molar-refractivity contribution in [3.63, 3.8) is 0 Å². The Kier molecular flexibility index (Phi) is 11.3. The van der Waals surface area contributed by atoms with Crippen molar-refractivity contribution in [2.24, 2.45) is 0 Å². The van der Waals surface area contributed by atoms with Crippen LogP contribution in [0.2, 0.25) is 0 Å². The molecular formula is C20H30O12P2. The molecule has 0 heterocycles. The van der Waals surface area contributed by atoms with Crippen molar-refractivity contribution in [1.29, 1.82) is 0 Å². The Balaban J connectivity index is 2.82. The first-order valence-corrected chi connectivity index (χ1v) is 13.6. The number of ether oxygens (including phenoxy) is 4. The summed E-state index contributed by atoms with van der Waals surface area (Å²) in [6.45, 7) is 8.89. The van der Waals surface area contributed by atoms with Gasteiger partial charge in [-0.05, 0) is 49.9 Å². The number of esters is 2. The zero-order valence-electron chi connectivity index (χ0n) is 19.4. The summed E-state index contributed by atoms with van der Waals surface area (Å²) in [5.41, 5.74) is 2.05. The molecule has 0 aromatic heterocycles. The number of carbonyl (C=O) groups is 2. The predicted molar refractivity (Wildman–Crippen MR) is 121 cm³/mol. The Labute approximate surface area is 197 Å². The summed E-state index contributed by atoms with van der Waals surface area (Å²) in [6.07, 6.45) is -1.00. The Morgan fingerprint density at radius 3 is 1.53 bits per heavy atom. The molecular weight excluding hydrogens is 494 g/mol. The van der Waals surface area contributed by atoms with Gasteiger partial charge in [0.15, 0.2) is 0 Å². The van der Waals surface area contributed by atoms with Crippen LogP contribution in [0.5, 0.6) is 11.5 Å². The molecule has 0 spiro atoms. The molecule has 0 saturated heterocycles. The van der Waals surface area contributed by atoms with Crippen molar-refractivity contribution >= 4 is 27.1 Å². The lowest BCUT2D eigenvalue weighted by Gasteiger charge is -2.20. The van der Waals surface area contributed by atoms with Gasteiger partial charge >= 0.3 is 27.1 Å². The molecule has 192 valence electrons.